The van der Waals surface area contributed by atoms with Crippen LogP contribution in [0, 0.1) is 0 Å². The normalized spacial score (nSPS) is 10.9. The Morgan fingerprint density at radius 1 is 1.25 bits per heavy atom. The lowest BCUT2D eigenvalue weighted by Crippen LogP contribution is -2.00. The molecule has 1 heterocycles. The van der Waals surface area contributed by atoms with Gasteiger partial charge in [-0.05, 0) is 12.1 Å². The number of aromatic amines is 2. The van der Waals surface area contributed by atoms with Crippen LogP contribution in [-0.4, -0.2) is 21.6 Å². The Balaban J connectivity index is 2.57. The molecule has 1 aromatic heterocycles. The molecule has 2 aromatic rings. The lowest BCUT2D eigenvalue weighted by Gasteiger charge is -2.01. The fraction of sp³-hybridized carbons (Fsp3) is 0.200. The van der Waals surface area contributed by atoms with E-state index < -0.39 is 0 Å². The fourth-order valence-electron chi connectivity index (χ4n) is 1.49. The number of alkyl halides is 1. The average Bonchev–Trinajstić information content (AvgIpc) is 2.56. The van der Waals surface area contributed by atoms with Crippen molar-refractivity contribution in [1.29, 1.82) is 0 Å². The quantitative estimate of drug-likeness (QED) is 0.656. The number of hydrogen-bond donors (Lipinski definition) is 2. The van der Waals surface area contributed by atoms with Crippen molar-refractivity contribution in [2.24, 2.45) is 0 Å². The zero-order chi connectivity index (χ0) is 11.7. The molecule has 0 aliphatic heterocycles. The predicted molar refractivity (Wildman–Crippen MR) is 63.6 cm³/mol. The maximum absolute atomic E-state index is 11.6. The van der Waals surface area contributed by atoms with E-state index >= 15 is 0 Å². The Hall–Kier alpha value is -1.26. The van der Waals surface area contributed by atoms with Gasteiger partial charge in [0.1, 0.15) is 0 Å². The summed E-state index contributed by atoms with van der Waals surface area (Å²) in [5, 5.41) is 0.317. The van der Waals surface area contributed by atoms with Crippen molar-refractivity contribution in [2.45, 2.75) is 6.42 Å². The molecule has 0 spiro atoms. The molecule has 4 nitrogen and oxygen atoms in total. The third-order valence-corrected chi connectivity index (χ3v) is 2.73. The monoisotopic (exact) mass is 258 g/mol. The van der Waals surface area contributed by atoms with E-state index in [1.165, 1.54) is 0 Å². The van der Waals surface area contributed by atoms with Crippen molar-refractivity contribution in [3.05, 3.63) is 33.2 Å². The zero-order valence-electron chi connectivity index (χ0n) is 8.14. The highest BCUT2D eigenvalue weighted by Crippen LogP contribution is 2.22. The molecule has 0 bridgehead atoms. The second-order valence-corrected chi connectivity index (χ2v) is 4.10. The van der Waals surface area contributed by atoms with Gasteiger partial charge in [-0.3, -0.25) is 4.79 Å². The molecule has 0 unspecified atom stereocenters. The molecule has 0 atom stereocenters. The molecule has 1 aromatic carbocycles. The fourth-order valence-corrected chi connectivity index (χ4v) is 1.93. The van der Waals surface area contributed by atoms with E-state index in [4.69, 9.17) is 23.2 Å². The number of nitrogens with one attached hydrogen (secondary N) is 2. The zero-order valence-corrected chi connectivity index (χ0v) is 9.65. The summed E-state index contributed by atoms with van der Waals surface area (Å²) in [7, 11) is 0. The van der Waals surface area contributed by atoms with Gasteiger partial charge in [-0.1, -0.05) is 11.6 Å². The number of H-pyrrole nitrogens is 2. The van der Waals surface area contributed by atoms with E-state index in [0.29, 0.717) is 21.6 Å². The van der Waals surface area contributed by atoms with Gasteiger partial charge < -0.3 is 9.97 Å². The number of hydrogen-bond acceptors (Lipinski definition) is 2. The van der Waals surface area contributed by atoms with Gasteiger partial charge in [0.05, 0.1) is 16.1 Å². The number of fused-ring (bicyclic) bond motifs is 1. The lowest BCUT2D eigenvalue weighted by molar-refractivity contribution is 0.0989. The lowest BCUT2D eigenvalue weighted by atomic mass is 10.1. The second kappa shape index (κ2) is 4.31. The summed E-state index contributed by atoms with van der Waals surface area (Å²) >= 11 is 11.4. The van der Waals surface area contributed by atoms with Crippen LogP contribution in [-0.2, 0) is 0 Å². The largest absolute Gasteiger partial charge is 0.323 e. The third kappa shape index (κ3) is 1.99. The molecular formula is C10H8Cl2N2O2. The molecule has 6 heteroatoms. The Morgan fingerprint density at radius 2 is 1.88 bits per heavy atom. The van der Waals surface area contributed by atoms with Crippen molar-refractivity contribution in [3.8, 4) is 0 Å². The first-order chi connectivity index (χ1) is 7.61. The highest BCUT2D eigenvalue weighted by molar-refractivity contribution is 6.35. The Kier molecular flexibility index (Phi) is 3.03. The molecule has 0 saturated heterocycles. The van der Waals surface area contributed by atoms with Crippen LogP contribution in [0.3, 0.4) is 0 Å². The summed E-state index contributed by atoms with van der Waals surface area (Å²) in [6, 6.07) is 3.11. The van der Waals surface area contributed by atoms with E-state index in [9.17, 15) is 9.59 Å². The number of benzene rings is 1. The number of halogens is 2. The molecule has 0 aliphatic carbocycles. The second-order valence-electron chi connectivity index (χ2n) is 3.32. The van der Waals surface area contributed by atoms with Gasteiger partial charge in [0.25, 0.3) is 0 Å². The molecule has 0 aliphatic rings. The number of aromatic nitrogens is 2. The van der Waals surface area contributed by atoms with Gasteiger partial charge in [0.2, 0.25) is 0 Å². The maximum atomic E-state index is 11.6. The molecule has 0 amide bonds. The van der Waals surface area contributed by atoms with Gasteiger partial charge in [-0.15, -0.1) is 11.6 Å². The summed E-state index contributed by atoms with van der Waals surface area (Å²) in [5.41, 5.74) is 1.20. The van der Waals surface area contributed by atoms with Crippen LogP contribution in [0.25, 0.3) is 11.0 Å². The minimum Gasteiger partial charge on any atom is -0.306 e. The number of carbonyl (C=O) groups excluding carboxylic acids is 1. The van der Waals surface area contributed by atoms with Crippen molar-refractivity contribution in [1.82, 2.24) is 9.97 Å². The van der Waals surface area contributed by atoms with Crippen molar-refractivity contribution in [2.75, 3.05) is 5.88 Å². The molecule has 0 fully saturated rings. The Morgan fingerprint density at radius 3 is 2.50 bits per heavy atom. The molecule has 84 valence electrons. The highest BCUT2D eigenvalue weighted by atomic mass is 35.5. The van der Waals surface area contributed by atoms with Crippen LogP contribution in [0.5, 0.6) is 0 Å². The smallest absolute Gasteiger partial charge is 0.306 e. The Bertz CT molecular complexity index is 600. The van der Waals surface area contributed by atoms with E-state index in [1.54, 1.807) is 12.1 Å². The minimum absolute atomic E-state index is 0.135. The van der Waals surface area contributed by atoms with E-state index in [2.05, 4.69) is 9.97 Å². The summed E-state index contributed by atoms with van der Waals surface area (Å²) in [6.07, 6.45) is 0.224. The average molecular weight is 259 g/mol. The molecule has 2 N–H and O–H groups in total. The third-order valence-electron chi connectivity index (χ3n) is 2.23. The van der Waals surface area contributed by atoms with E-state index in [-0.39, 0.29) is 23.8 Å². The molecule has 2 rings (SSSR count). The van der Waals surface area contributed by atoms with E-state index in [1.807, 2.05) is 0 Å². The summed E-state index contributed by atoms with van der Waals surface area (Å²) in [5.74, 6) is 0.112. The van der Waals surface area contributed by atoms with Crippen LogP contribution in [0.15, 0.2) is 16.9 Å². The van der Waals surface area contributed by atoms with Gasteiger partial charge >= 0.3 is 5.69 Å². The minimum atomic E-state index is -0.326. The SMILES string of the molecule is O=C(CCCl)c1cc2[nH]c(=O)[nH]c2cc1Cl. The van der Waals surface area contributed by atoms with Crippen LogP contribution >= 0.6 is 23.2 Å². The van der Waals surface area contributed by atoms with Gasteiger partial charge in [0, 0.05) is 17.9 Å². The van der Waals surface area contributed by atoms with Gasteiger partial charge in [-0.25, -0.2) is 4.79 Å². The van der Waals surface area contributed by atoms with Gasteiger partial charge in [-0.2, -0.15) is 0 Å². The summed E-state index contributed by atoms with van der Waals surface area (Å²) in [6.45, 7) is 0. The van der Waals surface area contributed by atoms with Crippen molar-refractivity contribution in [3.63, 3.8) is 0 Å². The summed E-state index contributed by atoms with van der Waals surface area (Å²) in [4.78, 5) is 27.8. The first-order valence-corrected chi connectivity index (χ1v) is 5.54. The number of rotatable bonds is 3. The summed E-state index contributed by atoms with van der Waals surface area (Å²) < 4.78 is 0. The predicted octanol–water partition coefficient (Wildman–Crippen LogP) is 2.32. The number of carbonyl (C=O) groups is 1. The number of ketones is 1. The standard InChI is InChI=1S/C10H8Cl2N2O2/c11-2-1-9(15)5-3-7-8(4-6(5)12)14-10(16)13-7/h3-4H,1-2H2,(H2,13,14,16). The molecular weight excluding hydrogens is 251 g/mol. The van der Waals surface area contributed by atoms with Crippen molar-refractivity contribution >= 4 is 40.0 Å². The van der Waals surface area contributed by atoms with Crippen LogP contribution in [0.4, 0.5) is 0 Å². The van der Waals surface area contributed by atoms with Crippen molar-refractivity contribution < 1.29 is 4.79 Å². The maximum Gasteiger partial charge on any atom is 0.323 e. The molecule has 16 heavy (non-hydrogen) atoms. The molecule has 0 saturated carbocycles. The topological polar surface area (TPSA) is 65.7 Å². The first-order valence-electron chi connectivity index (χ1n) is 4.62. The highest BCUT2D eigenvalue weighted by Gasteiger charge is 2.12. The number of imidazole rings is 1. The van der Waals surface area contributed by atoms with Crippen LogP contribution in [0.2, 0.25) is 5.02 Å². The molecule has 0 radical (unpaired) electrons. The first kappa shape index (κ1) is 11.2. The van der Waals surface area contributed by atoms with E-state index in [0.717, 1.165) is 0 Å². The Labute approximate surface area is 101 Å². The van der Waals surface area contributed by atoms with Gasteiger partial charge in [0.15, 0.2) is 5.78 Å². The number of Topliss-reactive ketones (excluding diaryl/α,β-unsaturated/α-hetero) is 1. The van der Waals surface area contributed by atoms with Crippen LogP contribution in [0.1, 0.15) is 16.8 Å². The van der Waals surface area contributed by atoms with Crippen LogP contribution < -0.4 is 5.69 Å².